The highest BCUT2D eigenvalue weighted by atomic mass is 32.2. The number of rotatable bonds is 5. The van der Waals surface area contributed by atoms with Gasteiger partial charge in [-0.05, 0) is 25.0 Å². The van der Waals surface area contributed by atoms with Crippen LogP contribution in [-0.4, -0.2) is 32.4 Å². The Balaban J connectivity index is 2.08. The van der Waals surface area contributed by atoms with Crippen molar-refractivity contribution in [3.8, 4) is 11.8 Å². The number of hydrogen-bond acceptors (Lipinski definition) is 4. The fraction of sp³-hybridized carbons (Fsp3) is 0.417. The smallest absolute Gasteiger partial charge is 0.301 e. The first kappa shape index (κ1) is 13.6. The fourth-order valence-electron chi connectivity index (χ4n) is 1.91. The molecule has 1 fully saturated rings. The van der Waals surface area contributed by atoms with Gasteiger partial charge in [-0.3, -0.25) is 4.72 Å². The van der Waals surface area contributed by atoms with E-state index in [2.05, 4.69) is 4.72 Å². The van der Waals surface area contributed by atoms with Crippen molar-refractivity contribution in [1.82, 2.24) is 4.31 Å². The zero-order valence-corrected chi connectivity index (χ0v) is 11.2. The standard InChI is InChI=1S/C12H15N3O3S/c13-6-9-18-12-5-3-4-11(10-12)14-19(16,17)15-7-1-2-8-15/h3-5,10,14H,1-2,7-9H2. The molecular formula is C12H15N3O3S. The Morgan fingerprint density at radius 1 is 1.37 bits per heavy atom. The van der Waals surface area contributed by atoms with Crippen molar-refractivity contribution in [2.45, 2.75) is 12.8 Å². The molecule has 19 heavy (non-hydrogen) atoms. The van der Waals surface area contributed by atoms with E-state index in [4.69, 9.17) is 10.00 Å². The average molecular weight is 281 g/mol. The molecule has 0 saturated carbocycles. The summed E-state index contributed by atoms with van der Waals surface area (Å²) in [5.41, 5.74) is 0.433. The predicted molar refractivity (Wildman–Crippen MR) is 70.9 cm³/mol. The molecule has 1 aliphatic rings. The van der Waals surface area contributed by atoms with Gasteiger partial charge in [0.1, 0.15) is 11.8 Å². The van der Waals surface area contributed by atoms with E-state index in [-0.39, 0.29) is 6.61 Å². The van der Waals surface area contributed by atoms with E-state index in [1.807, 2.05) is 6.07 Å². The number of hydrogen-bond donors (Lipinski definition) is 1. The summed E-state index contributed by atoms with van der Waals surface area (Å²) in [6, 6.07) is 8.41. The van der Waals surface area contributed by atoms with E-state index in [1.54, 1.807) is 24.3 Å². The van der Waals surface area contributed by atoms with Crippen LogP contribution in [0.5, 0.6) is 5.75 Å². The Hall–Kier alpha value is -1.78. The van der Waals surface area contributed by atoms with Gasteiger partial charge in [0.2, 0.25) is 0 Å². The predicted octanol–water partition coefficient (Wildman–Crippen LogP) is 1.34. The summed E-state index contributed by atoms with van der Waals surface area (Å²) in [5.74, 6) is 0.461. The summed E-state index contributed by atoms with van der Waals surface area (Å²) < 4.78 is 33.2. The molecule has 0 atom stereocenters. The van der Waals surface area contributed by atoms with Crippen molar-refractivity contribution >= 4 is 15.9 Å². The van der Waals surface area contributed by atoms with Crippen LogP contribution in [0.1, 0.15) is 12.8 Å². The van der Waals surface area contributed by atoms with Gasteiger partial charge < -0.3 is 4.74 Å². The Morgan fingerprint density at radius 3 is 2.79 bits per heavy atom. The molecule has 6 nitrogen and oxygen atoms in total. The molecule has 102 valence electrons. The third-order valence-corrected chi connectivity index (χ3v) is 4.33. The molecule has 2 rings (SSSR count). The summed E-state index contributed by atoms with van der Waals surface area (Å²) in [6.45, 7) is 1.04. The molecule has 0 aromatic heterocycles. The highest BCUT2D eigenvalue weighted by Gasteiger charge is 2.25. The average Bonchev–Trinajstić information content (AvgIpc) is 2.91. The molecule has 1 aliphatic heterocycles. The SMILES string of the molecule is N#CCOc1cccc(NS(=O)(=O)N2CCCC2)c1. The van der Waals surface area contributed by atoms with Gasteiger partial charge in [-0.15, -0.1) is 0 Å². The van der Waals surface area contributed by atoms with E-state index in [9.17, 15) is 8.42 Å². The van der Waals surface area contributed by atoms with Crippen LogP contribution >= 0.6 is 0 Å². The Kier molecular flexibility index (Phi) is 4.24. The Bertz CT molecular complexity index is 574. The lowest BCUT2D eigenvalue weighted by molar-refractivity contribution is 0.368. The molecule has 1 aromatic carbocycles. The molecule has 0 radical (unpaired) electrons. The van der Waals surface area contributed by atoms with Gasteiger partial charge in [0.05, 0.1) is 5.69 Å². The maximum atomic E-state index is 12.0. The third kappa shape index (κ3) is 3.59. The molecule has 7 heteroatoms. The van der Waals surface area contributed by atoms with Crippen molar-refractivity contribution in [2.24, 2.45) is 0 Å². The van der Waals surface area contributed by atoms with Crippen molar-refractivity contribution in [3.63, 3.8) is 0 Å². The second-order valence-corrected chi connectivity index (χ2v) is 5.86. The van der Waals surface area contributed by atoms with E-state index >= 15 is 0 Å². The van der Waals surface area contributed by atoms with Crippen LogP contribution in [0.3, 0.4) is 0 Å². The highest BCUT2D eigenvalue weighted by molar-refractivity contribution is 7.90. The van der Waals surface area contributed by atoms with Crippen LogP contribution in [0.2, 0.25) is 0 Å². The molecule has 0 bridgehead atoms. The van der Waals surface area contributed by atoms with Crippen molar-refractivity contribution in [2.75, 3.05) is 24.4 Å². The summed E-state index contributed by atoms with van der Waals surface area (Å²) in [5, 5.41) is 8.43. The van der Waals surface area contributed by atoms with Gasteiger partial charge in [0.15, 0.2) is 6.61 Å². The second-order valence-electron chi connectivity index (χ2n) is 4.19. The normalized spacial score (nSPS) is 15.9. The van der Waals surface area contributed by atoms with Gasteiger partial charge in [-0.2, -0.15) is 18.0 Å². The number of ether oxygens (including phenoxy) is 1. The largest absolute Gasteiger partial charge is 0.479 e. The maximum Gasteiger partial charge on any atom is 0.301 e. The maximum absolute atomic E-state index is 12.0. The van der Waals surface area contributed by atoms with Crippen LogP contribution in [0.25, 0.3) is 0 Å². The Labute approximate surface area is 112 Å². The van der Waals surface area contributed by atoms with Gasteiger partial charge in [-0.1, -0.05) is 6.07 Å². The zero-order valence-electron chi connectivity index (χ0n) is 10.4. The Morgan fingerprint density at radius 2 is 2.11 bits per heavy atom. The second kappa shape index (κ2) is 5.91. The molecule has 1 N–H and O–H groups in total. The van der Waals surface area contributed by atoms with Crippen molar-refractivity contribution in [3.05, 3.63) is 24.3 Å². The van der Waals surface area contributed by atoms with Gasteiger partial charge >= 0.3 is 10.2 Å². The monoisotopic (exact) mass is 281 g/mol. The topological polar surface area (TPSA) is 82.4 Å². The first-order valence-corrected chi connectivity index (χ1v) is 7.43. The number of nitrogens with one attached hydrogen (secondary N) is 1. The van der Waals surface area contributed by atoms with Crippen molar-refractivity contribution in [1.29, 1.82) is 5.26 Å². The van der Waals surface area contributed by atoms with Crippen LogP contribution in [0.4, 0.5) is 5.69 Å². The quantitative estimate of drug-likeness (QED) is 0.883. The minimum Gasteiger partial charge on any atom is -0.479 e. The minimum absolute atomic E-state index is 0.0671. The first-order chi connectivity index (χ1) is 9.12. The van der Waals surface area contributed by atoms with Crippen LogP contribution in [-0.2, 0) is 10.2 Å². The molecule has 0 unspecified atom stereocenters. The molecule has 0 aliphatic carbocycles. The summed E-state index contributed by atoms with van der Waals surface area (Å²) in [4.78, 5) is 0. The number of benzene rings is 1. The number of anilines is 1. The molecular weight excluding hydrogens is 266 g/mol. The summed E-state index contributed by atoms with van der Waals surface area (Å²) in [6.07, 6.45) is 1.79. The molecule has 1 aromatic rings. The first-order valence-electron chi connectivity index (χ1n) is 5.99. The lowest BCUT2D eigenvalue weighted by atomic mass is 10.3. The van der Waals surface area contributed by atoms with E-state index in [1.165, 1.54) is 4.31 Å². The lowest BCUT2D eigenvalue weighted by Gasteiger charge is -2.17. The van der Waals surface area contributed by atoms with Crippen LogP contribution in [0, 0.1) is 11.3 Å². The molecule has 0 spiro atoms. The number of nitriles is 1. The lowest BCUT2D eigenvalue weighted by Crippen LogP contribution is -2.33. The summed E-state index contributed by atoms with van der Waals surface area (Å²) >= 11 is 0. The zero-order chi connectivity index (χ0) is 13.7. The van der Waals surface area contributed by atoms with Gasteiger partial charge in [0.25, 0.3) is 0 Å². The highest BCUT2D eigenvalue weighted by Crippen LogP contribution is 2.20. The van der Waals surface area contributed by atoms with Crippen LogP contribution < -0.4 is 9.46 Å². The summed E-state index contributed by atoms with van der Waals surface area (Å²) in [7, 11) is -3.49. The number of nitrogens with zero attached hydrogens (tertiary/aromatic N) is 2. The fourth-order valence-corrected chi connectivity index (χ4v) is 3.20. The van der Waals surface area contributed by atoms with E-state index in [0.717, 1.165) is 12.8 Å². The molecule has 0 amide bonds. The molecule has 1 heterocycles. The third-order valence-electron chi connectivity index (χ3n) is 2.79. The van der Waals surface area contributed by atoms with E-state index < -0.39 is 10.2 Å². The van der Waals surface area contributed by atoms with Crippen molar-refractivity contribution < 1.29 is 13.2 Å². The minimum atomic E-state index is -3.49. The van der Waals surface area contributed by atoms with Crippen LogP contribution in [0.15, 0.2) is 24.3 Å². The van der Waals surface area contributed by atoms with Gasteiger partial charge in [0, 0.05) is 19.2 Å². The molecule has 1 saturated heterocycles. The van der Waals surface area contributed by atoms with E-state index in [0.29, 0.717) is 24.5 Å². The van der Waals surface area contributed by atoms with Gasteiger partial charge in [-0.25, -0.2) is 0 Å².